The van der Waals surface area contributed by atoms with Crippen LogP contribution in [0.25, 0.3) is 11.0 Å². The van der Waals surface area contributed by atoms with E-state index in [0.29, 0.717) is 23.1 Å². The van der Waals surface area contributed by atoms with Crippen LogP contribution in [0, 0.1) is 0 Å². The molecular weight excluding hydrogens is 352 g/mol. The first-order chi connectivity index (χ1) is 12.6. The Hall–Kier alpha value is -3.25. The zero-order valence-corrected chi connectivity index (χ0v) is 14.5. The van der Waals surface area contributed by atoms with Gasteiger partial charge in [-0.15, -0.1) is 0 Å². The first-order valence-electron chi connectivity index (χ1n) is 7.79. The third-order valence-electron chi connectivity index (χ3n) is 3.63. The smallest absolute Gasteiger partial charge is 0.256 e. The summed E-state index contributed by atoms with van der Waals surface area (Å²) in [7, 11) is 0. The van der Waals surface area contributed by atoms with E-state index in [9.17, 15) is 9.59 Å². The van der Waals surface area contributed by atoms with E-state index in [-0.39, 0.29) is 22.8 Å². The summed E-state index contributed by atoms with van der Waals surface area (Å²) < 4.78 is 0. The van der Waals surface area contributed by atoms with Gasteiger partial charge in [-0.2, -0.15) is 0 Å². The van der Waals surface area contributed by atoms with Gasteiger partial charge in [0.05, 0.1) is 11.0 Å². The fraction of sp³-hybridized carbons (Fsp3) is 0.0526. The van der Waals surface area contributed by atoms with Gasteiger partial charge in [-0.3, -0.25) is 9.59 Å². The topological polar surface area (TPSA) is 84.0 Å². The number of nitrogens with zero attached hydrogens (tertiary/aromatic N) is 2. The summed E-state index contributed by atoms with van der Waals surface area (Å²) in [6, 6.07) is 14.1. The number of para-hydroxylation sites is 2. The number of nitrogens with one attached hydrogen (secondary N) is 2. The number of benzene rings is 2. The van der Waals surface area contributed by atoms with Gasteiger partial charge in [0.25, 0.3) is 5.91 Å². The summed E-state index contributed by atoms with van der Waals surface area (Å²) in [6.07, 6.45) is 1.20. The lowest BCUT2D eigenvalue weighted by Crippen LogP contribution is -2.20. The highest BCUT2D eigenvalue weighted by Gasteiger charge is 2.12. The van der Waals surface area contributed by atoms with Crippen LogP contribution < -0.4 is 10.6 Å². The Balaban J connectivity index is 1.72. The van der Waals surface area contributed by atoms with Gasteiger partial charge in [0, 0.05) is 12.1 Å². The molecular formula is C19H15ClN4O2. The van der Waals surface area contributed by atoms with Gasteiger partial charge < -0.3 is 10.6 Å². The molecule has 2 aromatic carbocycles. The highest BCUT2D eigenvalue weighted by atomic mass is 35.5. The molecule has 2 amide bonds. The highest BCUT2D eigenvalue weighted by molar-refractivity contribution is 6.32. The summed E-state index contributed by atoms with van der Waals surface area (Å²) in [6.45, 7) is 3.75. The minimum Gasteiger partial charge on any atom is -0.348 e. The molecule has 2 N–H and O–H groups in total. The van der Waals surface area contributed by atoms with E-state index in [2.05, 4.69) is 27.2 Å². The maximum atomic E-state index is 12.4. The number of rotatable bonds is 5. The van der Waals surface area contributed by atoms with Crippen molar-refractivity contribution in [2.75, 3.05) is 5.32 Å². The van der Waals surface area contributed by atoms with Gasteiger partial charge in [0.15, 0.2) is 11.0 Å². The number of carbonyl (C=O) groups is 2. The normalized spacial score (nSPS) is 10.3. The number of hydrogen-bond acceptors (Lipinski definition) is 4. The minimum absolute atomic E-state index is 0.126. The summed E-state index contributed by atoms with van der Waals surface area (Å²) >= 11 is 6.11. The molecule has 0 saturated heterocycles. The van der Waals surface area contributed by atoms with E-state index >= 15 is 0 Å². The molecule has 1 heterocycles. The Morgan fingerprint density at radius 1 is 1.04 bits per heavy atom. The average Bonchev–Trinajstić information content (AvgIpc) is 2.67. The predicted molar refractivity (Wildman–Crippen MR) is 101 cm³/mol. The fourth-order valence-corrected chi connectivity index (χ4v) is 2.45. The minimum atomic E-state index is -0.349. The largest absolute Gasteiger partial charge is 0.348 e. The summed E-state index contributed by atoms with van der Waals surface area (Å²) in [5, 5.41) is 5.46. The van der Waals surface area contributed by atoms with Crippen LogP contribution in [0.15, 0.2) is 61.2 Å². The first-order valence-corrected chi connectivity index (χ1v) is 8.17. The van der Waals surface area contributed by atoms with Gasteiger partial charge in [-0.25, -0.2) is 9.97 Å². The predicted octanol–water partition coefficient (Wildman–Crippen LogP) is 3.34. The second-order valence-electron chi connectivity index (χ2n) is 5.42. The van der Waals surface area contributed by atoms with Crippen LogP contribution in [0.5, 0.6) is 0 Å². The Morgan fingerprint density at radius 2 is 1.69 bits per heavy atom. The van der Waals surface area contributed by atoms with Crippen molar-refractivity contribution in [2.45, 2.75) is 6.54 Å². The van der Waals surface area contributed by atoms with Crippen molar-refractivity contribution < 1.29 is 9.59 Å². The Morgan fingerprint density at radius 3 is 2.35 bits per heavy atom. The molecule has 0 aliphatic heterocycles. The molecule has 130 valence electrons. The molecule has 3 aromatic rings. The zero-order chi connectivity index (χ0) is 18.5. The van der Waals surface area contributed by atoms with Crippen LogP contribution in [0.3, 0.4) is 0 Å². The van der Waals surface area contributed by atoms with Gasteiger partial charge in [0.1, 0.15) is 0 Å². The van der Waals surface area contributed by atoms with Crippen molar-refractivity contribution in [1.29, 1.82) is 0 Å². The second-order valence-corrected chi connectivity index (χ2v) is 5.78. The van der Waals surface area contributed by atoms with Crippen LogP contribution in [-0.4, -0.2) is 21.8 Å². The van der Waals surface area contributed by atoms with Gasteiger partial charge in [-0.1, -0.05) is 42.4 Å². The molecule has 0 radical (unpaired) electrons. The van der Waals surface area contributed by atoms with Gasteiger partial charge in [-0.05, 0) is 35.9 Å². The number of carbonyl (C=O) groups excluding carboxylic acids is 2. The van der Waals surface area contributed by atoms with E-state index in [1.165, 1.54) is 6.08 Å². The number of hydrogen-bond donors (Lipinski definition) is 2. The van der Waals surface area contributed by atoms with E-state index in [0.717, 1.165) is 5.56 Å². The second kappa shape index (κ2) is 7.76. The number of aromatic nitrogens is 2. The molecule has 26 heavy (non-hydrogen) atoms. The first kappa shape index (κ1) is 17.6. The molecule has 0 bridgehead atoms. The number of fused-ring (bicyclic) bond motifs is 1. The van der Waals surface area contributed by atoms with Crippen LogP contribution in [0.1, 0.15) is 15.9 Å². The zero-order valence-electron chi connectivity index (χ0n) is 13.7. The SMILES string of the molecule is C=CC(=O)NCc1ccc(C(=O)Nc2nc3ccccc3nc2Cl)cc1. The van der Waals surface area contributed by atoms with Crippen molar-refractivity contribution in [2.24, 2.45) is 0 Å². The quantitative estimate of drug-likeness (QED) is 0.678. The molecule has 1 aromatic heterocycles. The standard InChI is InChI=1S/C19H15ClN4O2/c1-2-16(25)21-11-12-7-9-13(10-8-12)19(26)24-18-17(20)22-14-5-3-4-6-15(14)23-18/h2-10H,1,11H2,(H,21,25)(H,23,24,26). The van der Waals surface area contributed by atoms with Crippen LogP contribution in [-0.2, 0) is 11.3 Å². The monoisotopic (exact) mass is 366 g/mol. The van der Waals surface area contributed by atoms with Crippen molar-refractivity contribution in [3.05, 3.63) is 77.5 Å². The Bertz CT molecular complexity index is 987. The van der Waals surface area contributed by atoms with Crippen molar-refractivity contribution in [1.82, 2.24) is 15.3 Å². The van der Waals surface area contributed by atoms with Crippen molar-refractivity contribution in [3.63, 3.8) is 0 Å². The third-order valence-corrected chi connectivity index (χ3v) is 3.89. The molecule has 0 saturated carbocycles. The molecule has 0 spiro atoms. The molecule has 6 nitrogen and oxygen atoms in total. The summed E-state index contributed by atoms with van der Waals surface area (Å²) in [5.41, 5.74) is 2.59. The molecule has 0 unspecified atom stereocenters. The average molecular weight is 367 g/mol. The van der Waals surface area contributed by atoms with E-state index < -0.39 is 0 Å². The maximum Gasteiger partial charge on any atom is 0.256 e. The maximum absolute atomic E-state index is 12.4. The third kappa shape index (κ3) is 4.04. The van der Waals surface area contributed by atoms with Crippen LogP contribution >= 0.6 is 11.6 Å². The molecule has 7 heteroatoms. The van der Waals surface area contributed by atoms with Crippen LogP contribution in [0.4, 0.5) is 5.82 Å². The molecule has 3 rings (SSSR count). The molecule has 0 atom stereocenters. The van der Waals surface area contributed by atoms with Crippen LogP contribution in [0.2, 0.25) is 5.15 Å². The molecule has 0 fully saturated rings. The van der Waals surface area contributed by atoms with Crippen molar-refractivity contribution in [3.8, 4) is 0 Å². The Kier molecular flexibility index (Phi) is 5.24. The highest BCUT2D eigenvalue weighted by Crippen LogP contribution is 2.21. The lowest BCUT2D eigenvalue weighted by molar-refractivity contribution is -0.116. The van der Waals surface area contributed by atoms with Gasteiger partial charge >= 0.3 is 0 Å². The van der Waals surface area contributed by atoms with Gasteiger partial charge in [0.2, 0.25) is 5.91 Å². The molecule has 0 aliphatic rings. The van der Waals surface area contributed by atoms with Crippen molar-refractivity contribution >= 4 is 40.3 Å². The number of amides is 2. The fourth-order valence-electron chi connectivity index (χ4n) is 2.27. The summed E-state index contributed by atoms with van der Waals surface area (Å²) in [4.78, 5) is 32.1. The van der Waals surface area contributed by atoms with E-state index in [1.54, 1.807) is 36.4 Å². The summed E-state index contributed by atoms with van der Waals surface area (Å²) in [5.74, 6) is -0.396. The lowest BCUT2D eigenvalue weighted by atomic mass is 10.1. The molecule has 0 aliphatic carbocycles. The van der Waals surface area contributed by atoms with E-state index in [4.69, 9.17) is 11.6 Å². The van der Waals surface area contributed by atoms with E-state index in [1.807, 2.05) is 12.1 Å². The Labute approximate surface area is 154 Å². The number of anilines is 1. The number of halogens is 1. The lowest BCUT2D eigenvalue weighted by Gasteiger charge is -2.08.